The van der Waals surface area contributed by atoms with Gasteiger partial charge in [0.25, 0.3) is 0 Å². The first kappa shape index (κ1) is 13.5. The van der Waals surface area contributed by atoms with Crippen LogP contribution < -0.4 is 0 Å². The molecule has 0 aromatic heterocycles. The van der Waals surface area contributed by atoms with E-state index in [1.54, 1.807) is 6.92 Å². The van der Waals surface area contributed by atoms with Crippen LogP contribution >= 0.6 is 0 Å². The van der Waals surface area contributed by atoms with Crippen molar-refractivity contribution in [3.8, 4) is 0 Å². The third-order valence-electron chi connectivity index (χ3n) is 2.77. The van der Waals surface area contributed by atoms with Gasteiger partial charge < -0.3 is 14.5 Å². The highest BCUT2D eigenvalue weighted by Crippen LogP contribution is 2.20. The molecule has 0 aliphatic carbocycles. The normalized spacial score (nSPS) is 15.9. The fourth-order valence-electron chi connectivity index (χ4n) is 2.03. The molecule has 0 N–H and O–H groups in total. The van der Waals surface area contributed by atoms with Gasteiger partial charge in [0, 0.05) is 27.2 Å². The lowest BCUT2D eigenvalue weighted by Gasteiger charge is -2.37. The minimum atomic E-state index is -0.532. The monoisotopic (exact) mass is 240 g/mol. The van der Waals surface area contributed by atoms with Crippen LogP contribution in [0.4, 0.5) is 0 Å². The predicted molar refractivity (Wildman–Crippen MR) is 64.2 cm³/mol. The molecule has 5 nitrogen and oxygen atoms in total. The van der Waals surface area contributed by atoms with Crippen LogP contribution in [0.5, 0.6) is 0 Å². The third kappa shape index (κ3) is 2.99. The number of carbonyl (C=O) groups is 2. The fourth-order valence-corrected chi connectivity index (χ4v) is 2.03. The minimum absolute atomic E-state index is 0.150. The number of hydrogen-bond donors (Lipinski definition) is 0. The van der Waals surface area contributed by atoms with Crippen LogP contribution in [0.3, 0.4) is 0 Å². The van der Waals surface area contributed by atoms with Crippen molar-refractivity contribution in [2.75, 3.05) is 33.8 Å². The van der Waals surface area contributed by atoms with Crippen LogP contribution in [0.25, 0.3) is 0 Å². The Morgan fingerprint density at radius 3 is 2.18 bits per heavy atom. The Labute approximate surface area is 102 Å². The van der Waals surface area contributed by atoms with Crippen molar-refractivity contribution in [3.63, 3.8) is 0 Å². The lowest BCUT2D eigenvalue weighted by Crippen LogP contribution is -2.41. The molecule has 0 spiro atoms. The average Bonchev–Trinajstić information content (AvgIpc) is 2.23. The smallest absolute Gasteiger partial charge is 0.345 e. The van der Waals surface area contributed by atoms with Crippen molar-refractivity contribution in [2.24, 2.45) is 0 Å². The second kappa shape index (κ2) is 5.70. The van der Waals surface area contributed by atoms with Gasteiger partial charge in [-0.1, -0.05) is 0 Å². The van der Waals surface area contributed by atoms with Crippen LogP contribution in [0, 0.1) is 0 Å². The number of Topliss-reactive ketones (excluding diaryl/α,β-unsaturated/α-hetero) is 1. The summed E-state index contributed by atoms with van der Waals surface area (Å²) in [5.41, 5.74) is 0.150. The molecule has 1 aliphatic rings. The van der Waals surface area contributed by atoms with Gasteiger partial charge in [0.15, 0.2) is 5.78 Å². The summed E-state index contributed by atoms with van der Waals surface area (Å²) >= 11 is 0. The molecule has 1 rings (SSSR count). The Balaban J connectivity index is 3.15. The molecule has 17 heavy (non-hydrogen) atoms. The SMILES string of the molecule is CCOC(=O)C(C(C)=O)=C1N(C)CCCN1C. The van der Waals surface area contributed by atoms with Crippen molar-refractivity contribution in [2.45, 2.75) is 20.3 Å². The zero-order chi connectivity index (χ0) is 13.0. The maximum Gasteiger partial charge on any atom is 0.345 e. The van der Waals surface area contributed by atoms with Crippen LogP contribution in [0.2, 0.25) is 0 Å². The summed E-state index contributed by atoms with van der Waals surface area (Å²) < 4.78 is 4.94. The molecule has 0 amide bonds. The molecule has 96 valence electrons. The maximum absolute atomic E-state index is 11.8. The summed E-state index contributed by atoms with van der Waals surface area (Å²) in [6, 6.07) is 0. The minimum Gasteiger partial charge on any atom is -0.462 e. The number of ether oxygens (including phenoxy) is 1. The number of esters is 1. The average molecular weight is 240 g/mol. The molecular weight excluding hydrogens is 220 g/mol. The molecule has 0 saturated carbocycles. The van der Waals surface area contributed by atoms with Crippen LogP contribution in [0.1, 0.15) is 20.3 Å². The van der Waals surface area contributed by atoms with Crippen molar-refractivity contribution >= 4 is 11.8 Å². The van der Waals surface area contributed by atoms with Gasteiger partial charge in [0.05, 0.1) is 6.61 Å². The Kier molecular flexibility index (Phi) is 4.54. The van der Waals surface area contributed by atoms with E-state index in [2.05, 4.69) is 0 Å². The van der Waals surface area contributed by atoms with E-state index in [-0.39, 0.29) is 18.0 Å². The highest BCUT2D eigenvalue weighted by Gasteiger charge is 2.28. The van der Waals surface area contributed by atoms with E-state index >= 15 is 0 Å². The molecule has 1 aliphatic heterocycles. The van der Waals surface area contributed by atoms with Crippen molar-refractivity contribution < 1.29 is 14.3 Å². The van der Waals surface area contributed by atoms with Crippen molar-refractivity contribution in [1.82, 2.24) is 9.80 Å². The molecular formula is C12H20N2O3. The summed E-state index contributed by atoms with van der Waals surface area (Å²) in [6.07, 6.45) is 1.02. The zero-order valence-corrected chi connectivity index (χ0v) is 10.9. The molecule has 0 aromatic carbocycles. The van der Waals surface area contributed by atoms with Gasteiger partial charge in [0.2, 0.25) is 0 Å². The van der Waals surface area contributed by atoms with E-state index in [0.717, 1.165) is 19.5 Å². The van der Waals surface area contributed by atoms with E-state index in [9.17, 15) is 9.59 Å². The van der Waals surface area contributed by atoms with Gasteiger partial charge in [-0.3, -0.25) is 4.79 Å². The molecule has 0 radical (unpaired) electrons. The molecule has 0 bridgehead atoms. The topological polar surface area (TPSA) is 49.9 Å². The van der Waals surface area contributed by atoms with Gasteiger partial charge in [-0.25, -0.2) is 4.79 Å². The fraction of sp³-hybridized carbons (Fsp3) is 0.667. The van der Waals surface area contributed by atoms with Gasteiger partial charge in [0.1, 0.15) is 11.4 Å². The Bertz CT molecular complexity index is 338. The molecule has 1 saturated heterocycles. The molecule has 5 heteroatoms. The van der Waals surface area contributed by atoms with Gasteiger partial charge >= 0.3 is 5.97 Å². The molecule has 1 fully saturated rings. The van der Waals surface area contributed by atoms with Crippen molar-refractivity contribution in [1.29, 1.82) is 0 Å². The second-order valence-electron chi connectivity index (χ2n) is 4.17. The van der Waals surface area contributed by atoms with Gasteiger partial charge in [-0.15, -0.1) is 0 Å². The highest BCUT2D eigenvalue weighted by atomic mass is 16.5. The largest absolute Gasteiger partial charge is 0.462 e. The summed E-state index contributed by atoms with van der Waals surface area (Å²) in [7, 11) is 3.76. The Hall–Kier alpha value is -1.52. The van der Waals surface area contributed by atoms with Crippen molar-refractivity contribution in [3.05, 3.63) is 11.4 Å². The number of hydrogen-bond acceptors (Lipinski definition) is 5. The molecule has 1 heterocycles. The first-order chi connectivity index (χ1) is 7.99. The Morgan fingerprint density at radius 2 is 1.76 bits per heavy atom. The van der Waals surface area contributed by atoms with E-state index in [4.69, 9.17) is 4.74 Å². The number of carbonyl (C=O) groups excluding carboxylic acids is 2. The summed E-state index contributed by atoms with van der Waals surface area (Å²) in [5, 5.41) is 0. The van der Waals surface area contributed by atoms with E-state index < -0.39 is 5.97 Å². The van der Waals surface area contributed by atoms with E-state index in [1.807, 2.05) is 23.9 Å². The quantitative estimate of drug-likeness (QED) is 0.313. The number of nitrogens with zero attached hydrogens (tertiary/aromatic N) is 2. The standard InChI is InChI=1S/C12H20N2O3/c1-5-17-12(16)10(9(2)15)11-13(3)7-6-8-14(11)4/h5-8H2,1-4H3. The first-order valence-corrected chi connectivity index (χ1v) is 5.83. The van der Waals surface area contributed by atoms with Crippen LogP contribution in [-0.2, 0) is 14.3 Å². The van der Waals surface area contributed by atoms with E-state index in [1.165, 1.54) is 6.92 Å². The number of ketones is 1. The third-order valence-corrected chi connectivity index (χ3v) is 2.77. The second-order valence-corrected chi connectivity index (χ2v) is 4.17. The van der Waals surface area contributed by atoms with E-state index in [0.29, 0.717) is 5.82 Å². The van der Waals surface area contributed by atoms with Gasteiger partial charge in [-0.05, 0) is 20.3 Å². The lowest BCUT2D eigenvalue weighted by molar-refractivity contribution is -0.140. The predicted octanol–water partition coefficient (Wildman–Crippen LogP) is 0.617. The van der Waals surface area contributed by atoms with Crippen LogP contribution in [0.15, 0.2) is 11.4 Å². The van der Waals surface area contributed by atoms with Gasteiger partial charge in [-0.2, -0.15) is 0 Å². The lowest BCUT2D eigenvalue weighted by atomic mass is 10.1. The summed E-state index contributed by atoms with van der Waals surface area (Å²) in [6.45, 7) is 5.09. The Morgan fingerprint density at radius 1 is 1.24 bits per heavy atom. The zero-order valence-electron chi connectivity index (χ0n) is 10.9. The number of rotatable bonds is 3. The summed E-state index contributed by atoms with van der Waals surface area (Å²) in [4.78, 5) is 27.3. The van der Waals surface area contributed by atoms with Crippen LogP contribution in [-0.4, -0.2) is 55.3 Å². The highest BCUT2D eigenvalue weighted by molar-refractivity contribution is 6.16. The molecule has 0 unspecified atom stereocenters. The maximum atomic E-state index is 11.8. The summed E-state index contributed by atoms with van der Waals surface area (Å²) in [5.74, 6) is -0.114. The molecule has 0 atom stereocenters. The first-order valence-electron chi connectivity index (χ1n) is 5.83. The molecule has 0 aromatic rings.